The van der Waals surface area contributed by atoms with Crippen LogP contribution in [0.5, 0.6) is 0 Å². The fourth-order valence-corrected chi connectivity index (χ4v) is 2.19. The lowest BCUT2D eigenvalue weighted by Crippen LogP contribution is -2.34. The molecule has 0 radical (unpaired) electrons. The summed E-state index contributed by atoms with van der Waals surface area (Å²) in [6.07, 6.45) is 4.34. The third-order valence-electron chi connectivity index (χ3n) is 2.93. The van der Waals surface area contributed by atoms with Gasteiger partial charge in [-0.2, -0.15) is 0 Å². The lowest BCUT2D eigenvalue weighted by Gasteiger charge is -2.23. The summed E-state index contributed by atoms with van der Waals surface area (Å²) in [5.41, 5.74) is 0. The Morgan fingerprint density at radius 3 is 2.71 bits per heavy atom. The predicted molar refractivity (Wildman–Crippen MR) is 65.5 cm³/mol. The summed E-state index contributed by atoms with van der Waals surface area (Å²) < 4.78 is 10.6. The molecule has 2 heterocycles. The second-order valence-corrected chi connectivity index (χ2v) is 4.49. The quantitative estimate of drug-likeness (QED) is 0.815. The first-order valence-corrected chi connectivity index (χ1v) is 5.88. The average Bonchev–Trinajstić information content (AvgIpc) is 2.74. The molecule has 1 aliphatic heterocycles. The number of anilines is 1. The van der Waals surface area contributed by atoms with Gasteiger partial charge in [0.15, 0.2) is 0 Å². The van der Waals surface area contributed by atoms with Crippen LogP contribution >= 0.6 is 11.6 Å². The highest BCUT2D eigenvalue weighted by Crippen LogP contribution is 2.24. The fourth-order valence-electron chi connectivity index (χ4n) is 2.09. The van der Waals surface area contributed by atoms with E-state index in [2.05, 4.69) is 14.9 Å². The SMILES string of the molecule is COC[C@@H]1C[C@@H](OC)CN1c1ncc(Cl)cn1. The van der Waals surface area contributed by atoms with Crippen molar-refractivity contribution in [2.45, 2.75) is 18.6 Å². The van der Waals surface area contributed by atoms with E-state index in [1.54, 1.807) is 26.6 Å². The van der Waals surface area contributed by atoms with E-state index in [4.69, 9.17) is 21.1 Å². The number of rotatable bonds is 4. The molecule has 2 rings (SSSR count). The topological polar surface area (TPSA) is 47.5 Å². The summed E-state index contributed by atoms with van der Waals surface area (Å²) in [5, 5.41) is 0.541. The Hall–Kier alpha value is -0.910. The van der Waals surface area contributed by atoms with Gasteiger partial charge in [0, 0.05) is 20.8 Å². The molecule has 2 atom stereocenters. The lowest BCUT2D eigenvalue weighted by molar-refractivity contribution is 0.111. The molecule has 0 spiro atoms. The van der Waals surface area contributed by atoms with Crippen LogP contribution in [0.15, 0.2) is 12.4 Å². The van der Waals surface area contributed by atoms with Crippen LogP contribution in [0.4, 0.5) is 5.95 Å². The highest BCUT2D eigenvalue weighted by atomic mass is 35.5. The van der Waals surface area contributed by atoms with Crippen LogP contribution in [0.2, 0.25) is 5.02 Å². The third kappa shape index (κ3) is 2.86. The summed E-state index contributed by atoms with van der Waals surface area (Å²) in [6.45, 7) is 1.43. The molecular weight excluding hydrogens is 242 g/mol. The molecule has 1 aliphatic rings. The van der Waals surface area contributed by atoms with Crippen molar-refractivity contribution in [2.24, 2.45) is 0 Å². The maximum atomic E-state index is 5.78. The third-order valence-corrected chi connectivity index (χ3v) is 3.13. The normalized spacial score (nSPS) is 24.3. The number of methoxy groups -OCH3 is 2. The largest absolute Gasteiger partial charge is 0.383 e. The zero-order valence-corrected chi connectivity index (χ0v) is 10.7. The van der Waals surface area contributed by atoms with E-state index in [1.807, 2.05) is 0 Å². The van der Waals surface area contributed by atoms with Crippen LogP contribution in [0, 0.1) is 0 Å². The van der Waals surface area contributed by atoms with Gasteiger partial charge in [-0.05, 0) is 6.42 Å². The van der Waals surface area contributed by atoms with Crippen molar-refractivity contribution in [3.63, 3.8) is 0 Å². The molecule has 5 nitrogen and oxygen atoms in total. The maximum absolute atomic E-state index is 5.78. The monoisotopic (exact) mass is 257 g/mol. The number of ether oxygens (including phenoxy) is 2. The second kappa shape index (κ2) is 5.62. The van der Waals surface area contributed by atoms with Gasteiger partial charge in [0.05, 0.1) is 36.2 Å². The van der Waals surface area contributed by atoms with Crippen LogP contribution in [0.1, 0.15) is 6.42 Å². The van der Waals surface area contributed by atoms with E-state index >= 15 is 0 Å². The molecule has 0 aromatic carbocycles. The Bertz CT molecular complexity index is 360. The molecule has 17 heavy (non-hydrogen) atoms. The minimum Gasteiger partial charge on any atom is -0.383 e. The summed E-state index contributed by atoms with van der Waals surface area (Å²) in [4.78, 5) is 10.6. The number of nitrogens with zero attached hydrogens (tertiary/aromatic N) is 3. The molecule has 0 N–H and O–H groups in total. The zero-order chi connectivity index (χ0) is 12.3. The van der Waals surface area contributed by atoms with Crippen LogP contribution in [0.25, 0.3) is 0 Å². The Morgan fingerprint density at radius 2 is 2.12 bits per heavy atom. The van der Waals surface area contributed by atoms with Crippen molar-refractivity contribution in [1.29, 1.82) is 0 Å². The average molecular weight is 258 g/mol. The second-order valence-electron chi connectivity index (χ2n) is 4.06. The number of halogens is 1. The van der Waals surface area contributed by atoms with Crippen molar-refractivity contribution in [2.75, 3.05) is 32.3 Å². The van der Waals surface area contributed by atoms with Crippen LogP contribution in [0.3, 0.4) is 0 Å². The first kappa shape index (κ1) is 12.5. The molecule has 0 saturated carbocycles. The first-order chi connectivity index (χ1) is 8.24. The minimum atomic E-state index is 0.203. The fraction of sp³-hybridized carbons (Fsp3) is 0.636. The van der Waals surface area contributed by atoms with E-state index in [9.17, 15) is 0 Å². The van der Waals surface area contributed by atoms with E-state index in [0.29, 0.717) is 17.6 Å². The summed E-state index contributed by atoms with van der Waals surface area (Å²) in [6, 6.07) is 0.256. The van der Waals surface area contributed by atoms with Gasteiger partial charge in [-0.25, -0.2) is 9.97 Å². The summed E-state index contributed by atoms with van der Waals surface area (Å²) >= 11 is 5.78. The van der Waals surface area contributed by atoms with Gasteiger partial charge in [-0.1, -0.05) is 11.6 Å². The van der Waals surface area contributed by atoms with Gasteiger partial charge in [-0.15, -0.1) is 0 Å². The van der Waals surface area contributed by atoms with Crippen LogP contribution < -0.4 is 4.90 Å². The molecule has 0 unspecified atom stereocenters. The van der Waals surface area contributed by atoms with E-state index < -0.39 is 0 Å². The standard InChI is InChI=1S/C11H16ClN3O2/c1-16-7-9-3-10(17-2)6-15(9)11-13-4-8(12)5-14-11/h4-5,9-10H,3,6-7H2,1-2H3/t9-,10+/m0/s1. The zero-order valence-electron chi connectivity index (χ0n) is 9.97. The van der Waals surface area contributed by atoms with Gasteiger partial charge in [0.25, 0.3) is 0 Å². The van der Waals surface area contributed by atoms with Crippen molar-refractivity contribution < 1.29 is 9.47 Å². The molecule has 0 aliphatic carbocycles. The summed E-state index contributed by atoms with van der Waals surface area (Å²) in [5.74, 6) is 0.677. The Balaban J connectivity index is 2.14. The van der Waals surface area contributed by atoms with Crippen molar-refractivity contribution >= 4 is 17.5 Å². The van der Waals surface area contributed by atoms with Gasteiger partial charge in [0.1, 0.15) is 0 Å². The Kier molecular flexibility index (Phi) is 4.15. The van der Waals surface area contributed by atoms with Crippen LogP contribution in [-0.2, 0) is 9.47 Å². The van der Waals surface area contributed by atoms with Gasteiger partial charge in [0.2, 0.25) is 5.95 Å². The summed E-state index contributed by atoms with van der Waals surface area (Å²) in [7, 11) is 3.42. The van der Waals surface area contributed by atoms with E-state index in [-0.39, 0.29) is 12.1 Å². The highest BCUT2D eigenvalue weighted by molar-refractivity contribution is 6.30. The van der Waals surface area contributed by atoms with E-state index in [0.717, 1.165) is 13.0 Å². The molecule has 0 bridgehead atoms. The van der Waals surface area contributed by atoms with Crippen molar-refractivity contribution in [1.82, 2.24) is 9.97 Å². The van der Waals surface area contributed by atoms with Crippen molar-refractivity contribution in [3.8, 4) is 0 Å². The highest BCUT2D eigenvalue weighted by Gasteiger charge is 2.33. The maximum Gasteiger partial charge on any atom is 0.225 e. The smallest absolute Gasteiger partial charge is 0.225 e. The first-order valence-electron chi connectivity index (χ1n) is 5.50. The van der Waals surface area contributed by atoms with Gasteiger partial charge in [-0.3, -0.25) is 0 Å². The molecule has 94 valence electrons. The molecule has 1 saturated heterocycles. The van der Waals surface area contributed by atoms with Gasteiger partial charge >= 0.3 is 0 Å². The molecule has 0 amide bonds. The van der Waals surface area contributed by atoms with Crippen LogP contribution in [-0.4, -0.2) is 49.5 Å². The lowest BCUT2D eigenvalue weighted by atomic mass is 10.2. The Morgan fingerprint density at radius 1 is 1.41 bits per heavy atom. The number of hydrogen-bond acceptors (Lipinski definition) is 5. The molecule has 1 fully saturated rings. The number of hydrogen-bond donors (Lipinski definition) is 0. The minimum absolute atomic E-state index is 0.203. The molecule has 1 aromatic heterocycles. The Labute approximate surface area is 106 Å². The molecular formula is C11H16ClN3O2. The molecule has 1 aromatic rings. The van der Waals surface area contributed by atoms with Gasteiger partial charge < -0.3 is 14.4 Å². The predicted octanol–water partition coefficient (Wildman–Crippen LogP) is 1.37. The number of aromatic nitrogens is 2. The van der Waals surface area contributed by atoms with E-state index in [1.165, 1.54) is 0 Å². The molecule has 6 heteroatoms. The van der Waals surface area contributed by atoms with Crippen molar-refractivity contribution in [3.05, 3.63) is 17.4 Å².